The van der Waals surface area contributed by atoms with Gasteiger partial charge in [0.1, 0.15) is 5.60 Å². The molecule has 1 aromatic rings. The maximum atomic E-state index is 11.6. The number of rotatable bonds is 7. The van der Waals surface area contributed by atoms with Crippen molar-refractivity contribution in [2.45, 2.75) is 52.3 Å². The van der Waals surface area contributed by atoms with Gasteiger partial charge in [-0.25, -0.2) is 4.79 Å². The van der Waals surface area contributed by atoms with Gasteiger partial charge in [-0.05, 0) is 31.9 Å². The lowest BCUT2D eigenvalue weighted by Gasteiger charge is -2.19. The van der Waals surface area contributed by atoms with E-state index in [-0.39, 0.29) is 18.7 Å². The Hall–Kier alpha value is -2.57. The molecule has 0 aliphatic rings. The van der Waals surface area contributed by atoms with Crippen LogP contribution in [-0.2, 0) is 27.4 Å². The van der Waals surface area contributed by atoms with E-state index >= 15 is 0 Å². The zero-order valence-corrected chi connectivity index (χ0v) is 14.2. The zero-order valence-electron chi connectivity index (χ0n) is 14.2. The van der Waals surface area contributed by atoms with Gasteiger partial charge in [0.25, 0.3) is 0 Å². The van der Waals surface area contributed by atoms with E-state index in [1.807, 2.05) is 24.3 Å². The van der Waals surface area contributed by atoms with Crippen LogP contribution in [0.3, 0.4) is 0 Å². The van der Waals surface area contributed by atoms with E-state index in [0.717, 1.165) is 11.1 Å². The number of carboxylic acid groups (broad SMARTS) is 1. The Morgan fingerprint density at radius 2 is 1.46 bits per heavy atom. The van der Waals surface area contributed by atoms with Gasteiger partial charge in [-0.1, -0.05) is 24.3 Å². The molecular formula is C17H24N2O5. The van der Waals surface area contributed by atoms with Crippen LogP contribution in [0.15, 0.2) is 24.3 Å². The molecule has 2 amide bonds. The number of carboxylic acids is 1. The van der Waals surface area contributed by atoms with Crippen LogP contribution in [0, 0.1) is 0 Å². The minimum absolute atomic E-state index is 0.0345. The van der Waals surface area contributed by atoms with E-state index in [1.165, 1.54) is 0 Å². The summed E-state index contributed by atoms with van der Waals surface area (Å²) in [5, 5.41) is 13.8. The smallest absolute Gasteiger partial charge is 0.407 e. The molecule has 0 unspecified atom stereocenters. The van der Waals surface area contributed by atoms with Gasteiger partial charge >= 0.3 is 12.1 Å². The fourth-order valence-electron chi connectivity index (χ4n) is 1.77. The second-order valence-electron chi connectivity index (χ2n) is 6.34. The van der Waals surface area contributed by atoms with Crippen LogP contribution >= 0.6 is 0 Å². The van der Waals surface area contributed by atoms with Crippen LogP contribution in [-0.4, -0.2) is 28.7 Å². The molecule has 0 spiro atoms. The van der Waals surface area contributed by atoms with Crippen molar-refractivity contribution >= 4 is 18.0 Å². The lowest BCUT2D eigenvalue weighted by atomic mass is 10.1. The number of ether oxygens (including phenoxy) is 1. The van der Waals surface area contributed by atoms with Crippen molar-refractivity contribution in [3.63, 3.8) is 0 Å². The molecule has 24 heavy (non-hydrogen) atoms. The summed E-state index contributed by atoms with van der Waals surface area (Å²) in [6, 6.07) is 7.36. The van der Waals surface area contributed by atoms with E-state index in [1.54, 1.807) is 20.8 Å². The highest BCUT2D eigenvalue weighted by Crippen LogP contribution is 2.08. The maximum Gasteiger partial charge on any atom is 0.407 e. The Morgan fingerprint density at radius 1 is 0.958 bits per heavy atom. The molecule has 1 rings (SSSR count). The normalized spacial score (nSPS) is 10.8. The number of carbonyl (C=O) groups is 3. The summed E-state index contributed by atoms with van der Waals surface area (Å²) < 4.78 is 5.15. The van der Waals surface area contributed by atoms with Gasteiger partial charge in [0.2, 0.25) is 5.91 Å². The van der Waals surface area contributed by atoms with Crippen LogP contribution in [0.25, 0.3) is 0 Å². The predicted octanol–water partition coefficient (Wildman–Crippen LogP) is 2.19. The lowest BCUT2D eigenvalue weighted by Crippen LogP contribution is -2.32. The minimum Gasteiger partial charge on any atom is -0.481 e. The number of alkyl carbamates (subject to hydrolysis) is 1. The van der Waals surface area contributed by atoms with Crippen LogP contribution in [0.5, 0.6) is 0 Å². The molecule has 3 N–H and O–H groups in total. The van der Waals surface area contributed by atoms with E-state index in [9.17, 15) is 14.4 Å². The van der Waals surface area contributed by atoms with E-state index in [2.05, 4.69) is 10.6 Å². The molecule has 132 valence electrons. The first-order valence-corrected chi connectivity index (χ1v) is 7.69. The molecule has 0 bridgehead atoms. The summed E-state index contributed by atoms with van der Waals surface area (Å²) in [7, 11) is 0. The molecule has 0 fully saturated rings. The molecule has 7 heteroatoms. The monoisotopic (exact) mass is 336 g/mol. The van der Waals surface area contributed by atoms with Crippen molar-refractivity contribution in [3.05, 3.63) is 35.4 Å². The molecule has 0 aliphatic carbocycles. The SMILES string of the molecule is CC(C)(C)OC(=O)NCc1ccc(CNC(=O)CCC(=O)O)cc1. The average Bonchev–Trinajstić information content (AvgIpc) is 2.48. The molecule has 0 radical (unpaired) electrons. The molecule has 0 saturated heterocycles. The summed E-state index contributed by atoms with van der Waals surface area (Å²) in [6.07, 6.45) is -0.689. The second-order valence-corrected chi connectivity index (χ2v) is 6.34. The number of carbonyl (C=O) groups excluding carboxylic acids is 2. The van der Waals surface area contributed by atoms with Crippen LogP contribution < -0.4 is 10.6 Å². The van der Waals surface area contributed by atoms with Crippen molar-refractivity contribution in [2.24, 2.45) is 0 Å². The fourth-order valence-corrected chi connectivity index (χ4v) is 1.77. The predicted molar refractivity (Wildman–Crippen MR) is 88.2 cm³/mol. The molecule has 0 saturated carbocycles. The Kier molecular flexibility index (Phi) is 7.23. The maximum absolute atomic E-state index is 11.6. The highest BCUT2D eigenvalue weighted by molar-refractivity contribution is 5.80. The highest BCUT2D eigenvalue weighted by Gasteiger charge is 2.15. The first-order valence-electron chi connectivity index (χ1n) is 7.69. The van der Waals surface area contributed by atoms with Gasteiger partial charge in [0.05, 0.1) is 6.42 Å². The lowest BCUT2D eigenvalue weighted by molar-refractivity contribution is -0.138. The number of nitrogens with one attached hydrogen (secondary N) is 2. The van der Waals surface area contributed by atoms with Crippen molar-refractivity contribution in [1.29, 1.82) is 0 Å². The summed E-state index contributed by atoms with van der Waals surface area (Å²) >= 11 is 0. The van der Waals surface area contributed by atoms with Gasteiger partial charge < -0.3 is 20.5 Å². The van der Waals surface area contributed by atoms with Crippen molar-refractivity contribution in [2.75, 3.05) is 0 Å². The fraction of sp³-hybridized carbons (Fsp3) is 0.471. The minimum atomic E-state index is -0.994. The summed E-state index contributed by atoms with van der Waals surface area (Å²) in [5.41, 5.74) is 1.26. The molecule has 7 nitrogen and oxygen atoms in total. The van der Waals surface area contributed by atoms with Gasteiger partial charge in [0, 0.05) is 19.5 Å². The highest BCUT2D eigenvalue weighted by atomic mass is 16.6. The third-order valence-electron chi connectivity index (χ3n) is 2.91. The summed E-state index contributed by atoms with van der Waals surface area (Å²) in [4.78, 5) is 33.4. The molecule has 0 aliphatic heterocycles. The first-order chi connectivity index (χ1) is 11.2. The number of hydrogen-bond donors (Lipinski definition) is 3. The van der Waals surface area contributed by atoms with Crippen LogP contribution in [0.1, 0.15) is 44.7 Å². The van der Waals surface area contributed by atoms with Crippen molar-refractivity contribution in [1.82, 2.24) is 10.6 Å². The molecule has 1 aromatic carbocycles. The first kappa shape index (κ1) is 19.5. The summed E-state index contributed by atoms with van der Waals surface area (Å²) in [6.45, 7) is 6.07. The van der Waals surface area contributed by atoms with Crippen molar-refractivity contribution in [3.8, 4) is 0 Å². The van der Waals surface area contributed by atoms with Gasteiger partial charge in [-0.15, -0.1) is 0 Å². The average molecular weight is 336 g/mol. The summed E-state index contributed by atoms with van der Waals surface area (Å²) in [5.74, 6) is -1.29. The number of hydrogen-bond acceptors (Lipinski definition) is 4. The van der Waals surface area contributed by atoms with Gasteiger partial charge in [0.15, 0.2) is 0 Å². The number of aliphatic carboxylic acids is 1. The topological polar surface area (TPSA) is 105 Å². The van der Waals surface area contributed by atoms with E-state index in [0.29, 0.717) is 13.1 Å². The third kappa shape index (κ3) is 8.77. The van der Waals surface area contributed by atoms with Gasteiger partial charge in [-0.3, -0.25) is 9.59 Å². The molecular weight excluding hydrogens is 312 g/mol. The second kappa shape index (κ2) is 8.90. The van der Waals surface area contributed by atoms with Crippen molar-refractivity contribution < 1.29 is 24.2 Å². The number of benzene rings is 1. The standard InChI is InChI=1S/C17H24N2O5/c1-17(2,3)24-16(23)19-11-13-6-4-12(5-7-13)10-18-14(20)8-9-15(21)22/h4-7H,8-11H2,1-3H3,(H,18,20)(H,19,23)(H,21,22). The Labute approximate surface area is 141 Å². The zero-order chi connectivity index (χ0) is 18.2. The molecule has 0 aromatic heterocycles. The van der Waals surface area contributed by atoms with Crippen LogP contribution in [0.4, 0.5) is 4.79 Å². The Bertz CT molecular complexity index is 576. The number of amides is 2. The van der Waals surface area contributed by atoms with E-state index < -0.39 is 17.7 Å². The quantitative estimate of drug-likeness (QED) is 0.708. The Balaban J connectivity index is 2.36. The molecule has 0 atom stereocenters. The Morgan fingerprint density at radius 3 is 1.92 bits per heavy atom. The van der Waals surface area contributed by atoms with Gasteiger partial charge in [-0.2, -0.15) is 0 Å². The van der Waals surface area contributed by atoms with Crippen LogP contribution in [0.2, 0.25) is 0 Å². The van der Waals surface area contributed by atoms with E-state index in [4.69, 9.17) is 9.84 Å². The third-order valence-corrected chi connectivity index (χ3v) is 2.91. The largest absolute Gasteiger partial charge is 0.481 e. The molecule has 0 heterocycles.